The van der Waals surface area contributed by atoms with Gasteiger partial charge in [-0.2, -0.15) is 5.10 Å². The standard InChI is InChI=1S/C22H22Cl2N4O5/c23-18-8-5-15(10-19(18)24)27-21(30)22(31)28-26-11-14-3-6-16(7-4-14)33-13-20(29)25-12-17-2-1-9-32-17/h3-8,10-11,17H,1-2,9,12-13H2,(H,25,29)(H,27,30)(H,28,31)/b26-11-/t17-/m0/s1. The average Bonchev–Trinajstić information content (AvgIpc) is 3.33. The van der Waals surface area contributed by atoms with Gasteiger partial charge in [-0.1, -0.05) is 23.2 Å². The van der Waals surface area contributed by atoms with Gasteiger partial charge in [0.15, 0.2) is 6.61 Å². The number of ether oxygens (including phenoxy) is 2. The number of hydrogen-bond donors (Lipinski definition) is 3. The number of rotatable bonds is 8. The van der Waals surface area contributed by atoms with E-state index >= 15 is 0 Å². The summed E-state index contributed by atoms with van der Waals surface area (Å²) in [6, 6.07) is 11.1. The SMILES string of the molecule is O=C(COc1ccc(/C=N\NC(=O)C(=O)Nc2ccc(Cl)c(Cl)c2)cc1)NC[C@@H]1CCCO1. The zero-order valence-electron chi connectivity index (χ0n) is 17.5. The third-order valence-corrected chi connectivity index (χ3v) is 5.30. The van der Waals surface area contributed by atoms with Crippen LogP contribution in [0.4, 0.5) is 5.69 Å². The van der Waals surface area contributed by atoms with Gasteiger partial charge < -0.3 is 20.1 Å². The van der Waals surface area contributed by atoms with Gasteiger partial charge in [0.2, 0.25) is 0 Å². The van der Waals surface area contributed by atoms with Gasteiger partial charge in [-0.05, 0) is 60.9 Å². The van der Waals surface area contributed by atoms with Gasteiger partial charge in [-0.3, -0.25) is 14.4 Å². The molecule has 1 aliphatic rings. The zero-order chi connectivity index (χ0) is 23.6. The molecular formula is C22H22Cl2N4O5. The Morgan fingerprint density at radius 2 is 1.88 bits per heavy atom. The minimum atomic E-state index is -0.953. The number of benzene rings is 2. The second kappa shape index (κ2) is 12.2. The van der Waals surface area contributed by atoms with Crippen molar-refractivity contribution in [2.75, 3.05) is 25.1 Å². The molecule has 11 heteroatoms. The smallest absolute Gasteiger partial charge is 0.329 e. The molecule has 1 saturated heterocycles. The molecule has 1 fully saturated rings. The molecule has 2 aromatic carbocycles. The van der Waals surface area contributed by atoms with Crippen molar-refractivity contribution in [2.45, 2.75) is 18.9 Å². The van der Waals surface area contributed by atoms with Crippen molar-refractivity contribution in [3.8, 4) is 5.75 Å². The molecular weight excluding hydrogens is 471 g/mol. The third kappa shape index (κ3) is 8.05. The lowest BCUT2D eigenvalue weighted by molar-refractivity contribution is -0.136. The summed E-state index contributed by atoms with van der Waals surface area (Å²) in [5.74, 6) is -1.58. The number of anilines is 1. The van der Waals surface area contributed by atoms with E-state index in [1.54, 1.807) is 24.3 Å². The summed E-state index contributed by atoms with van der Waals surface area (Å²) in [5, 5.41) is 9.50. The van der Waals surface area contributed by atoms with Crippen molar-refractivity contribution >= 4 is 52.8 Å². The molecule has 0 spiro atoms. The van der Waals surface area contributed by atoms with E-state index in [0.29, 0.717) is 28.6 Å². The first-order valence-corrected chi connectivity index (χ1v) is 10.9. The first-order valence-electron chi connectivity index (χ1n) is 10.1. The van der Waals surface area contributed by atoms with Gasteiger partial charge in [-0.25, -0.2) is 5.43 Å². The summed E-state index contributed by atoms with van der Waals surface area (Å²) in [7, 11) is 0. The van der Waals surface area contributed by atoms with Crippen molar-refractivity contribution in [2.24, 2.45) is 5.10 Å². The van der Waals surface area contributed by atoms with Crippen molar-refractivity contribution in [1.29, 1.82) is 0 Å². The van der Waals surface area contributed by atoms with Crippen molar-refractivity contribution < 1.29 is 23.9 Å². The molecule has 0 bridgehead atoms. The van der Waals surface area contributed by atoms with Crippen molar-refractivity contribution in [1.82, 2.24) is 10.7 Å². The van der Waals surface area contributed by atoms with Crippen LogP contribution in [0.5, 0.6) is 5.75 Å². The molecule has 33 heavy (non-hydrogen) atoms. The van der Waals surface area contributed by atoms with Crippen LogP contribution < -0.4 is 20.8 Å². The first kappa shape index (κ1) is 24.5. The van der Waals surface area contributed by atoms with Crippen molar-refractivity contribution in [3.05, 3.63) is 58.1 Å². The molecule has 1 heterocycles. The van der Waals surface area contributed by atoms with Crippen LogP contribution in [-0.2, 0) is 19.1 Å². The molecule has 0 saturated carbocycles. The van der Waals surface area contributed by atoms with E-state index in [9.17, 15) is 14.4 Å². The Morgan fingerprint density at radius 3 is 2.58 bits per heavy atom. The van der Waals surface area contributed by atoms with Crippen LogP contribution in [0.15, 0.2) is 47.6 Å². The number of carbonyl (C=O) groups is 3. The Balaban J connectivity index is 1.38. The van der Waals surface area contributed by atoms with E-state index in [0.717, 1.165) is 19.4 Å². The summed E-state index contributed by atoms with van der Waals surface area (Å²) in [4.78, 5) is 35.6. The Kier molecular flexibility index (Phi) is 9.05. The molecule has 0 unspecified atom stereocenters. The van der Waals surface area contributed by atoms with Crippen LogP contribution in [0.25, 0.3) is 0 Å². The molecule has 1 aliphatic heterocycles. The Morgan fingerprint density at radius 1 is 1.09 bits per heavy atom. The topological polar surface area (TPSA) is 118 Å². The summed E-state index contributed by atoms with van der Waals surface area (Å²) >= 11 is 11.7. The third-order valence-electron chi connectivity index (χ3n) is 4.56. The van der Waals surface area contributed by atoms with Crippen LogP contribution in [0.1, 0.15) is 18.4 Å². The summed E-state index contributed by atoms with van der Waals surface area (Å²) < 4.78 is 10.9. The molecule has 0 aromatic heterocycles. The number of nitrogens with zero attached hydrogens (tertiary/aromatic N) is 1. The van der Waals surface area contributed by atoms with E-state index in [1.807, 2.05) is 0 Å². The van der Waals surface area contributed by atoms with Gasteiger partial charge in [0.25, 0.3) is 5.91 Å². The zero-order valence-corrected chi connectivity index (χ0v) is 19.0. The lowest BCUT2D eigenvalue weighted by Gasteiger charge is -2.11. The molecule has 0 aliphatic carbocycles. The second-order valence-electron chi connectivity index (χ2n) is 7.08. The van der Waals surface area contributed by atoms with Gasteiger partial charge in [-0.15, -0.1) is 0 Å². The molecule has 3 rings (SSSR count). The quantitative estimate of drug-likeness (QED) is 0.297. The van der Waals surface area contributed by atoms with Gasteiger partial charge in [0.05, 0.1) is 22.4 Å². The highest BCUT2D eigenvalue weighted by Gasteiger charge is 2.16. The van der Waals surface area contributed by atoms with Gasteiger partial charge in [0, 0.05) is 18.8 Å². The fourth-order valence-electron chi connectivity index (χ4n) is 2.86. The van der Waals surface area contributed by atoms with Crippen molar-refractivity contribution in [3.63, 3.8) is 0 Å². The summed E-state index contributed by atoms with van der Waals surface area (Å²) in [6.45, 7) is 1.11. The number of hydrogen-bond acceptors (Lipinski definition) is 6. The number of nitrogens with one attached hydrogen (secondary N) is 3. The van der Waals surface area contributed by atoms with E-state index in [1.165, 1.54) is 24.4 Å². The highest BCUT2D eigenvalue weighted by Crippen LogP contribution is 2.24. The maximum atomic E-state index is 11.9. The molecule has 3 N–H and O–H groups in total. The van der Waals surface area contributed by atoms with E-state index in [4.69, 9.17) is 32.7 Å². The van der Waals surface area contributed by atoms with Crippen LogP contribution in [0, 0.1) is 0 Å². The fraction of sp³-hybridized carbons (Fsp3) is 0.273. The largest absolute Gasteiger partial charge is 0.484 e. The fourth-order valence-corrected chi connectivity index (χ4v) is 3.16. The van der Waals surface area contributed by atoms with Crippen LogP contribution >= 0.6 is 23.2 Å². The van der Waals surface area contributed by atoms with E-state index in [2.05, 4.69) is 21.2 Å². The summed E-state index contributed by atoms with van der Waals surface area (Å²) in [5.41, 5.74) is 3.11. The minimum Gasteiger partial charge on any atom is -0.484 e. The molecule has 3 amide bonds. The maximum Gasteiger partial charge on any atom is 0.329 e. The number of halogens is 2. The predicted octanol–water partition coefficient (Wildman–Crippen LogP) is 2.76. The minimum absolute atomic E-state index is 0.0787. The summed E-state index contributed by atoms with van der Waals surface area (Å²) in [6.07, 6.45) is 3.41. The molecule has 174 valence electrons. The monoisotopic (exact) mass is 492 g/mol. The second-order valence-corrected chi connectivity index (χ2v) is 7.89. The number of amides is 3. The van der Waals surface area contributed by atoms with E-state index < -0.39 is 11.8 Å². The van der Waals surface area contributed by atoms with Crippen LogP contribution in [-0.4, -0.2) is 49.8 Å². The lowest BCUT2D eigenvalue weighted by Crippen LogP contribution is -2.35. The molecule has 0 radical (unpaired) electrons. The van der Waals surface area contributed by atoms with Gasteiger partial charge in [0.1, 0.15) is 5.75 Å². The molecule has 2 aromatic rings. The number of carbonyl (C=O) groups excluding carboxylic acids is 3. The highest BCUT2D eigenvalue weighted by atomic mass is 35.5. The Bertz CT molecular complexity index is 1020. The van der Waals surface area contributed by atoms with Crippen LogP contribution in [0.3, 0.4) is 0 Å². The lowest BCUT2D eigenvalue weighted by atomic mass is 10.2. The molecule has 1 atom stereocenters. The normalized spacial score (nSPS) is 15.3. The van der Waals surface area contributed by atoms with E-state index in [-0.39, 0.29) is 23.6 Å². The van der Waals surface area contributed by atoms with Crippen LogP contribution in [0.2, 0.25) is 10.0 Å². The van der Waals surface area contributed by atoms with Gasteiger partial charge >= 0.3 is 11.8 Å². The maximum absolute atomic E-state index is 11.9. The number of hydrazone groups is 1. The molecule has 9 nitrogen and oxygen atoms in total. The Hall–Kier alpha value is -3.14. The Labute approximate surface area is 200 Å². The predicted molar refractivity (Wildman–Crippen MR) is 125 cm³/mol. The average molecular weight is 493 g/mol. The highest BCUT2D eigenvalue weighted by molar-refractivity contribution is 6.42. The first-order chi connectivity index (χ1) is 15.9.